The number of nitrogens with zero attached hydrogens (tertiary/aromatic N) is 1. The largest absolute Gasteiger partial charge is 0.488 e. The molecule has 0 amide bonds. The molecule has 2 heterocycles. The summed E-state index contributed by atoms with van der Waals surface area (Å²) in [4.78, 5) is 11.0. The first-order valence-electron chi connectivity index (χ1n) is 4.82. The summed E-state index contributed by atoms with van der Waals surface area (Å²) in [6.45, 7) is 1.47. The van der Waals surface area contributed by atoms with Crippen LogP contribution in [0.5, 0.6) is 11.5 Å². The van der Waals surface area contributed by atoms with E-state index in [1.165, 1.54) is 7.11 Å². The molecule has 1 aliphatic heterocycles. The molecule has 1 aliphatic rings. The third kappa shape index (κ3) is 2.23. The van der Waals surface area contributed by atoms with Crippen molar-refractivity contribution in [3.8, 4) is 11.5 Å². The molecular weight excluding hydrogens is 198 g/mol. The molecule has 5 nitrogen and oxygen atoms in total. The molecule has 0 radical (unpaired) electrons. The van der Waals surface area contributed by atoms with Crippen molar-refractivity contribution in [1.29, 1.82) is 0 Å². The van der Waals surface area contributed by atoms with Crippen molar-refractivity contribution in [2.45, 2.75) is 13.0 Å². The van der Waals surface area contributed by atoms with Crippen LogP contribution in [0.4, 0.5) is 0 Å². The molecule has 2 rings (SSSR count). The van der Waals surface area contributed by atoms with Gasteiger partial charge in [-0.3, -0.25) is 4.79 Å². The maximum atomic E-state index is 11.0. The van der Waals surface area contributed by atoms with Crippen LogP contribution >= 0.6 is 0 Å². The third-order valence-electron chi connectivity index (χ3n) is 2.15. The van der Waals surface area contributed by atoms with Crippen LogP contribution in [0.2, 0.25) is 0 Å². The first-order valence-corrected chi connectivity index (χ1v) is 4.82. The van der Waals surface area contributed by atoms with Crippen molar-refractivity contribution < 1.29 is 19.0 Å². The van der Waals surface area contributed by atoms with Crippen LogP contribution in [0, 0.1) is 0 Å². The Morgan fingerprint density at radius 2 is 2.00 bits per heavy atom. The van der Waals surface area contributed by atoms with Gasteiger partial charge in [-0.1, -0.05) is 0 Å². The average molecular weight is 211 g/mol. The van der Waals surface area contributed by atoms with Gasteiger partial charge in [-0.2, -0.15) is 0 Å². The summed E-state index contributed by atoms with van der Waals surface area (Å²) in [5.74, 6) is 1.09. The minimum atomic E-state index is -0.292. The molecule has 0 spiro atoms. The lowest BCUT2D eigenvalue weighted by atomic mass is 10.5. The Kier molecular flexibility index (Phi) is 2.80. The van der Waals surface area contributed by atoms with E-state index >= 15 is 0 Å². The second-order valence-corrected chi connectivity index (χ2v) is 3.29. The second-order valence-electron chi connectivity index (χ2n) is 3.29. The smallest absolute Gasteiger partial charge is 0.325 e. The molecule has 0 atom stereocenters. The summed E-state index contributed by atoms with van der Waals surface area (Å²) >= 11 is 0. The SMILES string of the molecule is COC(=O)Cn1cc2c(c1)OCCCO2. The van der Waals surface area contributed by atoms with Crippen LogP contribution in [-0.2, 0) is 16.1 Å². The zero-order chi connectivity index (χ0) is 10.7. The number of carbonyl (C=O) groups excluding carboxylic acids is 1. The Hall–Kier alpha value is -1.65. The first kappa shape index (κ1) is 9.89. The van der Waals surface area contributed by atoms with E-state index in [-0.39, 0.29) is 12.5 Å². The van der Waals surface area contributed by atoms with Gasteiger partial charge in [-0.05, 0) is 0 Å². The lowest BCUT2D eigenvalue weighted by molar-refractivity contribution is -0.141. The highest BCUT2D eigenvalue weighted by atomic mass is 16.5. The maximum Gasteiger partial charge on any atom is 0.325 e. The lowest BCUT2D eigenvalue weighted by Gasteiger charge is -2.00. The highest BCUT2D eigenvalue weighted by Crippen LogP contribution is 2.30. The van der Waals surface area contributed by atoms with Crippen LogP contribution < -0.4 is 9.47 Å². The number of hydrogen-bond donors (Lipinski definition) is 0. The summed E-state index contributed by atoms with van der Waals surface area (Å²) in [7, 11) is 1.36. The molecule has 0 saturated heterocycles. The van der Waals surface area contributed by atoms with E-state index in [1.54, 1.807) is 17.0 Å². The lowest BCUT2D eigenvalue weighted by Crippen LogP contribution is -2.10. The van der Waals surface area contributed by atoms with Crippen molar-refractivity contribution in [2.75, 3.05) is 20.3 Å². The molecule has 0 aliphatic carbocycles. The second kappa shape index (κ2) is 4.25. The monoisotopic (exact) mass is 211 g/mol. The fourth-order valence-corrected chi connectivity index (χ4v) is 1.41. The summed E-state index contributed by atoms with van der Waals surface area (Å²) in [5.41, 5.74) is 0. The van der Waals surface area contributed by atoms with Crippen molar-refractivity contribution in [2.24, 2.45) is 0 Å². The van der Waals surface area contributed by atoms with E-state index in [0.717, 1.165) is 6.42 Å². The van der Waals surface area contributed by atoms with Crippen molar-refractivity contribution >= 4 is 5.97 Å². The Labute approximate surface area is 87.5 Å². The fourth-order valence-electron chi connectivity index (χ4n) is 1.41. The molecule has 0 aromatic carbocycles. The van der Waals surface area contributed by atoms with Gasteiger partial charge in [0.25, 0.3) is 0 Å². The Balaban J connectivity index is 2.11. The normalized spacial score (nSPS) is 14.5. The van der Waals surface area contributed by atoms with Crippen LogP contribution in [0.25, 0.3) is 0 Å². The number of methoxy groups -OCH3 is 1. The van der Waals surface area contributed by atoms with Crippen LogP contribution in [0.15, 0.2) is 12.4 Å². The number of aromatic nitrogens is 1. The molecule has 0 unspecified atom stereocenters. The van der Waals surface area contributed by atoms with Gasteiger partial charge in [0.05, 0.1) is 32.7 Å². The van der Waals surface area contributed by atoms with Crippen LogP contribution in [-0.4, -0.2) is 30.9 Å². The van der Waals surface area contributed by atoms with Gasteiger partial charge in [0.2, 0.25) is 0 Å². The average Bonchev–Trinajstić information content (AvgIpc) is 2.48. The number of rotatable bonds is 2. The topological polar surface area (TPSA) is 49.7 Å². The molecule has 0 N–H and O–H groups in total. The number of fused-ring (bicyclic) bond motifs is 1. The van der Waals surface area contributed by atoms with E-state index < -0.39 is 0 Å². The van der Waals surface area contributed by atoms with Crippen LogP contribution in [0.1, 0.15) is 6.42 Å². The molecule has 5 heteroatoms. The van der Waals surface area contributed by atoms with Gasteiger partial charge in [0.15, 0.2) is 11.5 Å². The van der Waals surface area contributed by atoms with Gasteiger partial charge in [-0.15, -0.1) is 0 Å². The predicted molar refractivity (Wildman–Crippen MR) is 52.1 cm³/mol. The zero-order valence-electron chi connectivity index (χ0n) is 8.56. The fraction of sp³-hybridized carbons (Fsp3) is 0.500. The minimum Gasteiger partial charge on any atom is -0.488 e. The zero-order valence-corrected chi connectivity index (χ0v) is 8.56. The van der Waals surface area contributed by atoms with Crippen molar-refractivity contribution in [1.82, 2.24) is 4.57 Å². The quantitative estimate of drug-likeness (QED) is 0.680. The van der Waals surface area contributed by atoms with E-state index in [4.69, 9.17) is 9.47 Å². The standard InChI is InChI=1S/C10H13NO4/c1-13-10(12)7-11-5-8-9(6-11)15-4-2-3-14-8/h5-6H,2-4,7H2,1H3. The van der Waals surface area contributed by atoms with E-state index in [9.17, 15) is 4.79 Å². The molecule has 15 heavy (non-hydrogen) atoms. The van der Waals surface area contributed by atoms with Crippen molar-refractivity contribution in [3.63, 3.8) is 0 Å². The Bertz CT molecular complexity index is 335. The summed E-state index contributed by atoms with van der Waals surface area (Å²) < 4.78 is 17.2. The summed E-state index contributed by atoms with van der Waals surface area (Å²) in [6.07, 6.45) is 4.38. The summed E-state index contributed by atoms with van der Waals surface area (Å²) in [5, 5.41) is 0. The van der Waals surface area contributed by atoms with Crippen LogP contribution in [0.3, 0.4) is 0 Å². The number of ether oxygens (including phenoxy) is 3. The number of hydrogen-bond acceptors (Lipinski definition) is 4. The molecular formula is C10H13NO4. The molecule has 82 valence electrons. The van der Waals surface area contributed by atoms with Gasteiger partial charge in [0, 0.05) is 6.42 Å². The Morgan fingerprint density at radius 3 is 2.53 bits per heavy atom. The highest BCUT2D eigenvalue weighted by molar-refractivity contribution is 5.69. The van der Waals surface area contributed by atoms with Crippen molar-refractivity contribution in [3.05, 3.63) is 12.4 Å². The van der Waals surface area contributed by atoms with Gasteiger partial charge < -0.3 is 18.8 Å². The van der Waals surface area contributed by atoms with E-state index in [0.29, 0.717) is 24.7 Å². The number of esters is 1. The predicted octanol–water partition coefficient (Wildman–Crippen LogP) is 0.822. The van der Waals surface area contributed by atoms with E-state index in [2.05, 4.69) is 4.74 Å². The highest BCUT2D eigenvalue weighted by Gasteiger charge is 2.14. The molecule has 1 aromatic heterocycles. The molecule has 0 fully saturated rings. The molecule has 1 aromatic rings. The third-order valence-corrected chi connectivity index (χ3v) is 2.15. The maximum absolute atomic E-state index is 11.0. The van der Waals surface area contributed by atoms with Gasteiger partial charge in [0.1, 0.15) is 6.54 Å². The number of carbonyl (C=O) groups is 1. The van der Waals surface area contributed by atoms with Gasteiger partial charge in [-0.25, -0.2) is 0 Å². The van der Waals surface area contributed by atoms with E-state index in [1.807, 2.05) is 0 Å². The molecule has 0 bridgehead atoms. The van der Waals surface area contributed by atoms with Gasteiger partial charge >= 0.3 is 5.97 Å². The first-order chi connectivity index (χ1) is 7.29. The molecule has 0 saturated carbocycles. The minimum absolute atomic E-state index is 0.177. The summed E-state index contributed by atoms with van der Waals surface area (Å²) in [6, 6.07) is 0. The Morgan fingerprint density at radius 1 is 1.40 bits per heavy atom.